The normalized spacial score (nSPS) is 10.3. The van der Waals surface area contributed by atoms with Gasteiger partial charge in [0.05, 0.1) is 12.9 Å². The van der Waals surface area contributed by atoms with Gasteiger partial charge in [0.1, 0.15) is 0 Å². The van der Waals surface area contributed by atoms with E-state index in [1.54, 1.807) is 12.3 Å². The fraction of sp³-hybridized carbons (Fsp3) is 0.364. The molecule has 0 unspecified atom stereocenters. The Kier molecular flexibility index (Phi) is 5.70. The van der Waals surface area contributed by atoms with Crippen molar-refractivity contribution in [3.63, 3.8) is 0 Å². The molecule has 0 saturated carbocycles. The van der Waals surface area contributed by atoms with Crippen LogP contribution in [0.4, 0.5) is 14.5 Å². The van der Waals surface area contributed by atoms with E-state index in [-0.39, 0.29) is 23.2 Å². The van der Waals surface area contributed by atoms with Crippen LogP contribution in [0.2, 0.25) is 0 Å². The van der Waals surface area contributed by atoms with Gasteiger partial charge in [-0.2, -0.15) is 20.5 Å². The number of halogens is 2. The van der Waals surface area contributed by atoms with Gasteiger partial charge in [-0.1, -0.05) is 0 Å². The van der Waals surface area contributed by atoms with Gasteiger partial charge in [-0.25, -0.2) is 0 Å². The van der Waals surface area contributed by atoms with Crippen LogP contribution < -0.4 is 14.8 Å². The lowest BCUT2D eigenvalue weighted by atomic mass is 10.2. The molecule has 18 heavy (non-hydrogen) atoms. The third-order valence-electron chi connectivity index (χ3n) is 1.94. The molecule has 1 aromatic carbocycles. The third kappa shape index (κ3) is 4.40. The number of carbonyl (C=O) groups is 1. The predicted molar refractivity (Wildman–Crippen MR) is 66.6 cm³/mol. The van der Waals surface area contributed by atoms with Crippen LogP contribution >= 0.6 is 11.8 Å². The third-order valence-corrected chi connectivity index (χ3v) is 2.49. The van der Waals surface area contributed by atoms with Crippen molar-refractivity contribution < 1.29 is 23.0 Å². The number of ether oxygens (including phenoxy) is 2. The van der Waals surface area contributed by atoms with Crippen molar-refractivity contribution in [3.05, 3.63) is 18.2 Å². The first kappa shape index (κ1) is 14.6. The SMILES string of the molecule is COc1ccc(NC(=O)CSC)cc1OC(F)F. The topological polar surface area (TPSA) is 47.6 Å². The van der Waals surface area contributed by atoms with Gasteiger partial charge in [0, 0.05) is 11.8 Å². The molecule has 1 amide bonds. The van der Waals surface area contributed by atoms with E-state index >= 15 is 0 Å². The summed E-state index contributed by atoms with van der Waals surface area (Å²) >= 11 is 1.36. The summed E-state index contributed by atoms with van der Waals surface area (Å²) in [5.74, 6) is 0.139. The molecular weight excluding hydrogens is 264 g/mol. The van der Waals surface area contributed by atoms with Crippen molar-refractivity contribution in [2.45, 2.75) is 6.61 Å². The molecule has 0 bridgehead atoms. The molecule has 7 heteroatoms. The largest absolute Gasteiger partial charge is 0.493 e. The smallest absolute Gasteiger partial charge is 0.387 e. The quantitative estimate of drug-likeness (QED) is 0.868. The molecule has 0 atom stereocenters. The number of methoxy groups -OCH3 is 1. The number of benzene rings is 1. The Morgan fingerprint density at radius 3 is 2.72 bits per heavy atom. The number of rotatable bonds is 6. The van der Waals surface area contributed by atoms with Gasteiger partial charge < -0.3 is 14.8 Å². The van der Waals surface area contributed by atoms with E-state index in [0.29, 0.717) is 5.69 Å². The van der Waals surface area contributed by atoms with Crippen LogP contribution in [0.15, 0.2) is 18.2 Å². The van der Waals surface area contributed by atoms with E-state index in [0.717, 1.165) is 0 Å². The second-order valence-corrected chi connectivity index (χ2v) is 4.09. The fourth-order valence-electron chi connectivity index (χ4n) is 1.27. The number of anilines is 1. The van der Waals surface area contributed by atoms with Gasteiger partial charge in [-0.15, -0.1) is 0 Å². The molecule has 1 rings (SSSR count). The second kappa shape index (κ2) is 7.05. The van der Waals surface area contributed by atoms with Crippen LogP contribution in [0.1, 0.15) is 0 Å². The fourth-order valence-corrected chi connectivity index (χ4v) is 1.61. The van der Waals surface area contributed by atoms with Crippen LogP contribution in [0.3, 0.4) is 0 Å². The molecule has 0 fully saturated rings. The Bertz CT molecular complexity index is 415. The van der Waals surface area contributed by atoms with Crippen molar-refractivity contribution in [3.8, 4) is 11.5 Å². The summed E-state index contributed by atoms with van der Waals surface area (Å²) in [7, 11) is 1.35. The van der Waals surface area contributed by atoms with Crippen LogP contribution in [0.5, 0.6) is 11.5 Å². The van der Waals surface area contributed by atoms with Crippen molar-refractivity contribution >= 4 is 23.4 Å². The molecule has 1 aromatic rings. The first-order chi connectivity index (χ1) is 8.56. The maximum atomic E-state index is 12.2. The molecule has 0 saturated heterocycles. The number of amides is 1. The number of carbonyl (C=O) groups excluding carboxylic acids is 1. The molecule has 0 aromatic heterocycles. The summed E-state index contributed by atoms with van der Waals surface area (Å²) in [6.45, 7) is -2.95. The summed E-state index contributed by atoms with van der Waals surface area (Å²) in [6.07, 6.45) is 1.79. The average Bonchev–Trinajstić information content (AvgIpc) is 2.28. The Hall–Kier alpha value is -1.50. The van der Waals surface area contributed by atoms with Gasteiger partial charge in [0.25, 0.3) is 0 Å². The Balaban J connectivity index is 2.85. The van der Waals surface area contributed by atoms with E-state index in [1.165, 1.54) is 31.0 Å². The van der Waals surface area contributed by atoms with Gasteiger partial charge >= 0.3 is 6.61 Å². The predicted octanol–water partition coefficient (Wildman–Crippen LogP) is 2.60. The van der Waals surface area contributed by atoms with Crippen molar-refractivity contribution in [2.24, 2.45) is 0 Å². The summed E-state index contributed by atoms with van der Waals surface area (Å²) in [4.78, 5) is 11.3. The van der Waals surface area contributed by atoms with E-state index in [9.17, 15) is 13.6 Å². The maximum Gasteiger partial charge on any atom is 0.387 e. The lowest BCUT2D eigenvalue weighted by Gasteiger charge is -2.12. The van der Waals surface area contributed by atoms with E-state index in [4.69, 9.17) is 4.74 Å². The zero-order chi connectivity index (χ0) is 13.5. The molecule has 0 aliphatic heterocycles. The number of hydrogen-bond acceptors (Lipinski definition) is 4. The minimum atomic E-state index is -2.95. The monoisotopic (exact) mass is 277 g/mol. The molecule has 0 heterocycles. The first-order valence-corrected chi connectivity index (χ1v) is 6.38. The summed E-state index contributed by atoms with van der Waals surface area (Å²) in [5.41, 5.74) is 0.380. The van der Waals surface area contributed by atoms with Gasteiger partial charge in [0.2, 0.25) is 5.91 Å². The Morgan fingerprint density at radius 1 is 1.44 bits per heavy atom. The second-order valence-electron chi connectivity index (χ2n) is 3.23. The van der Waals surface area contributed by atoms with Crippen molar-refractivity contribution in [2.75, 3.05) is 24.4 Å². The molecule has 0 aliphatic rings. The Labute approximate surface area is 108 Å². The average molecular weight is 277 g/mol. The molecule has 1 N–H and O–H groups in total. The van der Waals surface area contributed by atoms with Crippen LogP contribution in [0, 0.1) is 0 Å². The molecule has 0 spiro atoms. The number of alkyl halides is 2. The van der Waals surface area contributed by atoms with E-state index in [2.05, 4.69) is 10.1 Å². The van der Waals surface area contributed by atoms with Crippen LogP contribution in [-0.2, 0) is 4.79 Å². The number of thioether (sulfide) groups is 1. The molecule has 100 valence electrons. The van der Waals surface area contributed by atoms with Gasteiger partial charge in [-0.05, 0) is 18.4 Å². The highest BCUT2D eigenvalue weighted by Crippen LogP contribution is 2.31. The minimum absolute atomic E-state index is 0.116. The lowest BCUT2D eigenvalue weighted by molar-refractivity contribution is -0.113. The summed E-state index contributed by atoms with van der Waals surface area (Å²) in [5, 5.41) is 2.57. The highest BCUT2D eigenvalue weighted by atomic mass is 32.2. The molecule has 0 aliphatic carbocycles. The molecule has 0 radical (unpaired) electrons. The standard InChI is InChI=1S/C11H13F2NO3S/c1-16-8-4-3-7(14-10(15)6-18-2)5-9(8)17-11(12)13/h3-5,11H,6H2,1-2H3,(H,14,15). The van der Waals surface area contributed by atoms with E-state index < -0.39 is 6.61 Å². The minimum Gasteiger partial charge on any atom is -0.493 e. The highest BCUT2D eigenvalue weighted by molar-refractivity contribution is 7.99. The summed E-state index contributed by atoms with van der Waals surface area (Å²) in [6, 6.07) is 4.30. The molecular formula is C11H13F2NO3S. The zero-order valence-corrected chi connectivity index (χ0v) is 10.7. The summed E-state index contributed by atoms with van der Waals surface area (Å²) < 4.78 is 33.5. The molecule has 4 nitrogen and oxygen atoms in total. The van der Waals surface area contributed by atoms with Gasteiger partial charge in [-0.3, -0.25) is 4.79 Å². The van der Waals surface area contributed by atoms with Crippen LogP contribution in [0.25, 0.3) is 0 Å². The van der Waals surface area contributed by atoms with Gasteiger partial charge in [0.15, 0.2) is 11.5 Å². The van der Waals surface area contributed by atoms with Crippen LogP contribution in [-0.4, -0.2) is 31.6 Å². The number of nitrogens with one attached hydrogen (secondary N) is 1. The lowest BCUT2D eigenvalue weighted by Crippen LogP contribution is -2.14. The Morgan fingerprint density at radius 2 is 2.17 bits per heavy atom. The highest BCUT2D eigenvalue weighted by Gasteiger charge is 2.12. The number of hydrogen-bond donors (Lipinski definition) is 1. The van der Waals surface area contributed by atoms with E-state index in [1.807, 2.05) is 0 Å². The maximum absolute atomic E-state index is 12.2. The van der Waals surface area contributed by atoms with Crippen molar-refractivity contribution in [1.82, 2.24) is 0 Å². The van der Waals surface area contributed by atoms with Crippen molar-refractivity contribution in [1.29, 1.82) is 0 Å². The zero-order valence-electron chi connectivity index (χ0n) is 9.91. The first-order valence-electron chi connectivity index (χ1n) is 4.98.